The molecule has 2 rings (SSSR count). The van der Waals surface area contributed by atoms with Crippen molar-refractivity contribution in [3.8, 4) is 0 Å². The molecule has 0 saturated carbocycles. The smallest absolute Gasteiger partial charge is 0.339 e. The van der Waals surface area contributed by atoms with E-state index in [1.165, 1.54) is 13.0 Å². The van der Waals surface area contributed by atoms with Gasteiger partial charge < -0.3 is 10.2 Å². The molecular weight excluding hydrogens is 331 g/mol. The number of nitrogens with one attached hydrogen (secondary N) is 1. The Morgan fingerprint density at radius 2 is 1.96 bits per heavy atom. The van der Waals surface area contributed by atoms with Gasteiger partial charge in [0.05, 0.1) is 11.3 Å². The molecule has 130 valence electrons. The van der Waals surface area contributed by atoms with E-state index in [-0.39, 0.29) is 29.6 Å². The lowest BCUT2D eigenvalue weighted by Crippen LogP contribution is -2.40. The van der Waals surface area contributed by atoms with Crippen molar-refractivity contribution in [2.45, 2.75) is 25.9 Å². The molecule has 1 saturated heterocycles. The molecule has 0 atom stereocenters. The number of rotatable bonds is 3. The summed E-state index contributed by atoms with van der Waals surface area (Å²) in [6.07, 6.45) is -2.68. The van der Waals surface area contributed by atoms with Gasteiger partial charge in [0.25, 0.3) is 5.91 Å². The zero-order valence-electron chi connectivity index (χ0n) is 13.1. The first-order valence-corrected chi connectivity index (χ1v) is 7.31. The molecule has 0 unspecified atom stereocenters. The minimum atomic E-state index is -4.49. The summed E-state index contributed by atoms with van der Waals surface area (Å²) in [7, 11) is 1.90. The van der Waals surface area contributed by atoms with Gasteiger partial charge in [-0.2, -0.15) is 13.2 Å². The van der Waals surface area contributed by atoms with Gasteiger partial charge in [0.1, 0.15) is 5.69 Å². The Kier molecular flexibility index (Phi) is 6.83. The number of halogens is 4. The van der Waals surface area contributed by atoms with E-state index in [1.807, 2.05) is 7.05 Å². The second-order valence-corrected chi connectivity index (χ2v) is 5.62. The Labute approximate surface area is 139 Å². The Bertz CT molecular complexity index is 543. The van der Waals surface area contributed by atoms with Crippen LogP contribution in [0.3, 0.4) is 0 Å². The van der Waals surface area contributed by atoms with Gasteiger partial charge in [-0.25, -0.2) is 4.98 Å². The fraction of sp³-hybridized carbons (Fsp3) is 0.600. The third-order valence-corrected chi connectivity index (χ3v) is 4.00. The highest BCUT2D eigenvalue weighted by molar-refractivity contribution is 5.95. The number of alkyl halides is 3. The lowest BCUT2D eigenvalue weighted by atomic mass is 9.96. The number of carbonyl (C=O) groups is 1. The lowest BCUT2D eigenvalue weighted by Gasteiger charge is -2.32. The first-order chi connectivity index (χ1) is 10.3. The maximum absolute atomic E-state index is 12.6. The van der Waals surface area contributed by atoms with E-state index in [9.17, 15) is 18.0 Å². The van der Waals surface area contributed by atoms with E-state index in [0.717, 1.165) is 25.5 Å². The lowest BCUT2D eigenvalue weighted by molar-refractivity contribution is -0.141. The van der Waals surface area contributed by atoms with E-state index in [2.05, 4.69) is 10.3 Å². The molecule has 0 spiro atoms. The topological polar surface area (TPSA) is 45.2 Å². The third-order valence-electron chi connectivity index (χ3n) is 4.00. The first-order valence-electron chi connectivity index (χ1n) is 7.31. The minimum absolute atomic E-state index is 0. The van der Waals surface area contributed by atoms with Gasteiger partial charge >= 0.3 is 6.18 Å². The Morgan fingerprint density at radius 1 is 1.35 bits per heavy atom. The average Bonchev–Trinajstić information content (AvgIpc) is 2.46. The summed E-state index contributed by atoms with van der Waals surface area (Å²) in [4.78, 5) is 17.7. The van der Waals surface area contributed by atoms with Gasteiger partial charge in [-0.1, -0.05) is 0 Å². The SMILES string of the molecule is CNCC1CCN(C(=O)c2ccc(C(F)(F)F)nc2C)CC1.Cl. The van der Waals surface area contributed by atoms with Crippen LogP contribution in [0.15, 0.2) is 12.1 Å². The molecule has 0 radical (unpaired) electrons. The van der Waals surface area contributed by atoms with Crippen LogP contribution >= 0.6 is 12.4 Å². The maximum Gasteiger partial charge on any atom is 0.433 e. The van der Waals surface area contributed by atoms with Crippen LogP contribution < -0.4 is 5.32 Å². The number of aromatic nitrogens is 1. The second-order valence-electron chi connectivity index (χ2n) is 5.62. The summed E-state index contributed by atoms with van der Waals surface area (Å²) in [5.41, 5.74) is -0.591. The van der Waals surface area contributed by atoms with Gasteiger partial charge in [0, 0.05) is 13.1 Å². The summed E-state index contributed by atoms with van der Waals surface area (Å²) < 4.78 is 37.8. The molecule has 0 aromatic carbocycles. The van der Waals surface area contributed by atoms with Crippen molar-refractivity contribution in [1.29, 1.82) is 0 Å². The largest absolute Gasteiger partial charge is 0.433 e. The highest BCUT2D eigenvalue weighted by Gasteiger charge is 2.33. The van der Waals surface area contributed by atoms with Crippen molar-refractivity contribution in [1.82, 2.24) is 15.2 Å². The molecule has 1 amide bonds. The van der Waals surface area contributed by atoms with Crippen LogP contribution in [-0.2, 0) is 6.18 Å². The molecule has 1 aromatic rings. The van der Waals surface area contributed by atoms with Gasteiger partial charge in [-0.15, -0.1) is 12.4 Å². The number of carbonyl (C=O) groups excluding carboxylic acids is 1. The second kappa shape index (κ2) is 7.97. The Hall–Kier alpha value is -1.34. The number of hydrogen-bond acceptors (Lipinski definition) is 3. The molecule has 4 nitrogen and oxygen atoms in total. The predicted molar refractivity (Wildman–Crippen MR) is 83.8 cm³/mol. The van der Waals surface area contributed by atoms with Crippen LogP contribution in [0.1, 0.15) is 34.6 Å². The third kappa shape index (κ3) is 4.81. The summed E-state index contributed by atoms with van der Waals surface area (Å²) in [6.45, 7) is 3.62. The van der Waals surface area contributed by atoms with Crippen molar-refractivity contribution >= 4 is 18.3 Å². The maximum atomic E-state index is 12.6. The summed E-state index contributed by atoms with van der Waals surface area (Å²) in [6, 6.07) is 2.10. The summed E-state index contributed by atoms with van der Waals surface area (Å²) in [5, 5.41) is 3.12. The van der Waals surface area contributed by atoms with Crippen molar-refractivity contribution in [2.75, 3.05) is 26.7 Å². The van der Waals surface area contributed by atoms with E-state index in [4.69, 9.17) is 0 Å². The monoisotopic (exact) mass is 351 g/mol. The highest BCUT2D eigenvalue weighted by atomic mass is 35.5. The molecule has 0 aliphatic carbocycles. The number of hydrogen-bond donors (Lipinski definition) is 1. The van der Waals surface area contributed by atoms with Crippen LogP contribution in [0, 0.1) is 12.8 Å². The van der Waals surface area contributed by atoms with Crippen molar-refractivity contribution < 1.29 is 18.0 Å². The number of pyridine rings is 1. The molecule has 1 N–H and O–H groups in total. The van der Waals surface area contributed by atoms with Gasteiger partial charge in [0.2, 0.25) is 0 Å². The summed E-state index contributed by atoms with van der Waals surface area (Å²) >= 11 is 0. The summed E-state index contributed by atoms with van der Waals surface area (Å²) in [5.74, 6) is 0.308. The van der Waals surface area contributed by atoms with Gasteiger partial charge in [-0.3, -0.25) is 4.79 Å². The van der Waals surface area contributed by atoms with Crippen molar-refractivity contribution in [3.05, 3.63) is 29.1 Å². The molecular formula is C15H21ClF3N3O. The van der Waals surface area contributed by atoms with Crippen LogP contribution in [0.5, 0.6) is 0 Å². The van der Waals surface area contributed by atoms with Crippen LogP contribution in [0.4, 0.5) is 13.2 Å². The zero-order chi connectivity index (χ0) is 16.3. The molecule has 1 fully saturated rings. The quantitative estimate of drug-likeness (QED) is 0.910. The van der Waals surface area contributed by atoms with Crippen LogP contribution in [0.2, 0.25) is 0 Å². The van der Waals surface area contributed by atoms with Gasteiger partial charge in [0.15, 0.2) is 0 Å². The van der Waals surface area contributed by atoms with E-state index in [0.29, 0.717) is 19.0 Å². The number of piperidine rings is 1. The highest BCUT2D eigenvalue weighted by Crippen LogP contribution is 2.28. The average molecular weight is 352 g/mol. The fourth-order valence-electron chi connectivity index (χ4n) is 2.74. The zero-order valence-corrected chi connectivity index (χ0v) is 13.9. The predicted octanol–water partition coefficient (Wildman–Crippen LogP) is 2.90. The normalized spacial score (nSPS) is 16.1. The van der Waals surface area contributed by atoms with Crippen molar-refractivity contribution in [2.24, 2.45) is 5.92 Å². The minimum Gasteiger partial charge on any atom is -0.339 e. The molecule has 8 heteroatoms. The Balaban J connectivity index is 0.00000264. The first kappa shape index (κ1) is 19.7. The molecule has 1 aliphatic heterocycles. The van der Waals surface area contributed by atoms with E-state index < -0.39 is 11.9 Å². The molecule has 1 aromatic heterocycles. The number of likely N-dealkylation sites (tertiary alicyclic amines) is 1. The van der Waals surface area contributed by atoms with E-state index in [1.54, 1.807) is 4.90 Å². The molecule has 1 aliphatic rings. The van der Waals surface area contributed by atoms with Gasteiger partial charge in [-0.05, 0) is 51.4 Å². The molecule has 0 bridgehead atoms. The van der Waals surface area contributed by atoms with Crippen molar-refractivity contribution in [3.63, 3.8) is 0 Å². The van der Waals surface area contributed by atoms with E-state index >= 15 is 0 Å². The number of nitrogens with zero attached hydrogens (tertiary/aromatic N) is 2. The number of amides is 1. The molecule has 2 heterocycles. The van der Waals surface area contributed by atoms with Crippen LogP contribution in [0.25, 0.3) is 0 Å². The Morgan fingerprint density at radius 3 is 2.43 bits per heavy atom. The standard InChI is InChI=1S/C15H20F3N3O.ClH/c1-10-12(3-4-13(20-10)15(16,17)18)14(22)21-7-5-11(6-8-21)9-19-2;/h3-4,11,19H,5-9H2,1-2H3;1H. The molecule has 23 heavy (non-hydrogen) atoms. The number of aryl methyl sites for hydroxylation is 1. The van der Waals surface area contributed by atoms with Crippen LogP contribution in [-0.4, -0.2) is 42.5 Å². The fourth-order valence-corrected chi connectivity index (χ4v) is 2.74.